The molecular weight excluding hydrogens is 339 g/mol. The number of aromatic hydroxyl groups is 1. The van der Waals surface area contributed by atoms with Gasteiger partial charge in [-0.2, -0.15) is 0 Å². The van der Waals surface area contributed by atoms with Crippen LogP contribution in [0.15, 0.2) is 36.4 Å². The maximum absolute atomic E-state index is 11.9. The maximum Gasteiger partial charge on any atom is 0.251 e. The quantitative estimate of drug-likeness (QED) is 0.738. The number of nitrogens with one attached hydrogen (secondary N) is 2. The van der Waals surface area contributed by atoms with E-state index >= 15 is 0 Å². The average molecular weight is 353 g/mol. The van der Waals surface area contributed by atoms with Gasteiger partial charge in [0.15, 0.2) is 0 Å². The first kappa shape index (κ1) is 17.1. The standard InChI is InChI=1S/C16H14Cl2N2O3/c1-9-2-5-13(14(21)6-9)20-15(22)8-19-16(23)10-3-4-11(17)12(18)7-10/h2-7,21H,8H2,1H3,(H,19,23)(H,20,22). The highest BCUT2D eigenvalue weighted by Gasteiger charge is 2.11. The number of phenolic OH excluding ortho intramolecular Hbond substituents is 1. The summed E-state index contributed by atoms with van der Waals surface area (Å²) in [6.07, 6.45) is 0. The zero-order valence-electron chi connectivity index (χ0n) is 12.2. The number of aryl methyl sites for hydroxylation is 1. The van der Waals surface area contributed by atoms with E-state index in [0.29, 0.717) is 10.6 Å². The second-order valence-corrected chi connectivity index (χ2v) is 5.69. The molecule has 0 aliphatic heterocycles. The SMILES string of the molecule is Cc1ccc(NC(=O)CNC(=O)c2ccc(Cl)c(Cl)c2)c(O)c1. The highest BCUT2D eigenvalue weighted by atomic mass is 35.5. The highest BCUT2D eigenvalue weighted by Crippen LogP contribution is 2.24. The molecule has 5 nitrogen and oxygen atoms in total. The molecule has 120 valence electrons. The third-order valence-corrected chi connectivity index (χ3v) is 3.76. The van der Waals surface area contributed by atoms with Gasteiger partial charge in [0, 0.05) is 5.56 Å². The topological polar surface area (TPSA) is 78.4 Å². The van der Waals surface area contributed by atoms with Gasteiger partial charge in [-0.15, -0.1) is 0 Å². The van der Waals surface area contributed by atoms with Crippen molar-refractivity contribution in [1.82, 2.24) is 5.32 Å². The Kier molecular flexibility index (Phi) is 5.47. The number of hydrogen-bond acceptors (Lipinski definition) is 3. The summed E-state index contributed by atoms with van der Waals surface area (Å²) in [6, 6.07) is 9.30. The summed E-state index contributed by atoms with van der Waals surface area (Å²) in [4.78, 5) is 23.8. The summed E-state index contributed by atoms with van der Waals surface area (Å²) in [5, 5.41) is 15.3. The normalized spacial score (nSPS) is 10.2. The number of halogens is 2. The van der Waals surface area contributed by atoms with Crippen molar-refractivity contribution in [3.63, 3.8) is 0 Å². The molecule has 0 spiro atoms. The zero-order chi connectivity index (χ0) is 17.0. The molecule has 0 saturated carbocycles. The molecule has 2 aromatic rings. The summed E-state index contributed by atoms with van der Waals surface area (Å²) in [5.74, 6) is -0.946. The molecule has 2 amide bonds. The minimum atomic E-state index is -0.461. The number of phenols is 1. The number of anilines is 1. The average Bonchev–Trinajstić information content (AvgIpc) is 2.50. The minimum absolute atomic E-state index is 0.0332. The third-order valence-electron chi connectivity index (χ3n) is 3.02. The number of hydrogen-bond donors (Lipinski definition) is 3. The zero-order valence-corrected chi connectivity index (χ0v) is 13.7. The second kappa shape index (κ2) is 7.35. The molecule has 0 aliphatic carbocycles. The van der Waals surface area contributed by atoms with Crippen molar-refractivity contribution in [1.29, 1.82) is 0 Å². The number of carbonyl (C=O) groups is 2. The Bertz CT molecular complexity index is 763. The summed E-state index contributed by atoms with van der Waals surface area (Å²) in [6.45, 7) is 1.58. The molecule has 3 N–H and O–H groups in total. The first-order chi connectivity index (χ1) is 10.9. The lowest BCUT2D eigenvalue weighted by Crippen LogP contribution is -2.32. The smallest absolute Gasteiger partial charge is 0.251 e. The Labute approximate surface area is 143 Å². The van der Waals surface area contributed by atoms with Crippen LogP contribution in [-0.4, -0.2) is 23.5 Å². The fourth-order valence-corrected chi connectivity index (χ4v) is 2.14. The number of amides is 2. The van der Waals surface area contributed by atoms with Crippen LogP contribution >= 0.6 is 23.2 Å². The molecule has 0 fully saturated rings. The molecule has 0 heterocycles. The molecule has 0 saturated heterocycles. The van der Waals surface area contributed by atoms with Crippen LogP contribution in [0.25, 0.3) is 0 Å². The van der Waals surface area contributed by atoms with E-state index in [4.69, 9.17) is 23.2 Å². The van der Waals surface area contributed by atoms with E-state index in [9.17, 15) is 14.7 Å². The van der Waals surface area contributed by atoms with Crippen LogP contribution in [0.4, 0.5) is 5.69 Å². The van der Waals surface area contributed by atoms with Crippen molar-refractivity contribution in [2.75, 3.05) is 11.9 Å². The van der Waals surface area contributed by atoms with E-state index in [1.807, 2.05) is 6.92 Å². The Hall–Kier alpha value is -2.24. The first-order valence-electron chi connectivity index (χ1n) is 6.69. The fourth-order valence-electron chi connectivity index (χ4n) is 1.84. The van der Waals surface area contributed by atoms with Gasteiger partial charge >= 0.3 is 0 Å². The molecule has 0 atom stereocenters. The minimum Gasteiger partial charge on any atom is -0.506 e. The Morgan fingerprint density at radius 1 is 1.09 bits per heavy atom. The Morgan fingerprint density at radius 3 is 2.48 bits per heavy atom. The molecular formula is C16H14Cl2N2O3. The van der Waals surface area contributed by atoms with Gasteiger partial charge in [0.05, 0.1) is 22.3 Å². The number of rotatable bonds is 4. The fraction of sp³-hybridized carbons (Fsp3) is 0.125. The van der Waals surface area contributed by atoms with Crippen LogP contribution in [0.5, 0.6) is 5.75 Å². The largest absolute Gasteiger partial charge is 0.506 e. The van der Waals surface area contributed by atoms with Crippen LogP contribution in [0, 0.1) is 6.92 Å². The van der Waals surface area contributed by atoms with Gasteiger partial charge in [-0.05, 0) is 42.8 Å². The highest BCUT2D eigenvalue weighted by molar-refractivity contribution is 6.42. The van der Waals surface area contributed by atoms with Gasteiger partial charge in [-0.1, -0.05) is 29.3 Å². The van der Waals surface area contributed by atoms with Crippen molar-refractivity contribution >= 4 is 40.7 Å². The monoisotopic (exact) mass is 352 g/mol. The molecule has 2 rings (SSSR count). The van der Waals surface area contributed by atoms with Gasteiger partial charge < -0.3 is 15.7 Å². The molecule has 0 radical (unpaired) electrons. The second-order valence-electron chi connectivity index (χ2n) is 4.88. The lowest BCUT2D eigenvalue weighted by Gasteiger charge is -2.09. The van der Waals surface area contributed by atoms with Gasteiger partial charge in [0.25, 0.3) is 5.91 Å². The van der Waals surface area contributed by atoms with E-state index in [-0.39, 0.29) is 23.0 Å². The summed E-state index contributed by atoms with van der Waals surface area (Å²) in [5.41, 5.74) is 1.45. The maximum atomic E-state index is 11.9. The van der Waals surface area contributed by atoms with Crippen molar-refractivity contribution < 1.29 is 14.7 Å². The molecule has 7 heteroatoms. The Balaban J connectivity index is 1.93. The third kappa shape index (κ3) is 4.61. The van der Waals surface area contributed by atoms with Crippen LogP contribution < -0.4 is 10.6 Å². The van der Waals surface area contributed by atoms with E-state index < -0.39 is 11.8 Å². The molecule has 0 aliphatic rings. The lowest BCUT2D eigenvalue weighted by atomic mass is 10.2. The van der Waals surface area contributed by atoms with E-state index in [1.54, 1.807) is 12.1 Å². The predicted molar refractivity (Wildman–Crippen MR) is 90.3 cm³/mol. The van der Waals surface area contributed by atoms with Crippen molar-refractivity contribution in [2.24, 2.45) is 0 Å². The molecule has 0 unspecified atom stereocenters. The van der Waals surface area contributed by atoms with Crippen LogP contribution in [-0.2, 0) is 4.79 Å². The van der Waals surface area contributed by atoms with E-state index in [1.165, 1.54) is 24.3 Å². The first-order valence-corrected chi connectivity index (χ1v) is 7.45. The van der Waals surface area contributed by atoms with Crippen LogP contribution in [0.3, 0.4) is 0 Å². The van der Waals surface area contributed by atoms with Gasteiger partial charge in [0.2, 0.25) is 5.91 Å². The van der Waals surface area contributed by atoms with Crippen molar-refractivity contribution in [3.8, 4) is 5.75 Å². The van der Waals surface area contributed by atoms with Crippen molar-refractivity contribution in [3.05, 3.63) is 57.6 Å². The van der Waals surface area contributed by atoms with Crippen LogP contribution in [0.2, 0.25) is 10.0 Å². The number of benzene rings is 2. The summed E-state index contributed by atoms with van der Waals surface area (Å²) >= 11 is 11.6. The van der Waals surface area contributed by atoms with Gasteiger partial charge in [-0.3, -0.25) is 9.59 Å². The van der Waals surface area contributed by atoms with E-state index in [0.717, 1.165) is 5.56 Å². The van der Waals surface area contributed by atoms with Crippen molar-refractivity contribution in [2.45, 2.75) is 6.92 Å². The summed E-state index contributed by atoms with van der Waals surface area (Å²) in [7, 11) is 0. The van der Waals surface area contributed by atoms with Crippen LogP contribution in [0.1, 0.15) is 15.9 Å². The lowest BCUT2D eigenvalue weighted by molar-refractivity contribution is -0.115. The molecule has 23 heavy (non-hydrogen) atoms. The summed E-state index contributed by atoms with van der Waals surface area (Å²) < 4.78 is 0. The van der Waals surface area contributed by atoms with Gasteiger partial charge in [-0.25, -0.2) is 0 Å². The van der Waals surface area contributed by atoms with E-state index in [2.05, 4.69) is 10.6 Å². The molecule has 2 aromatic carbocycles. The predicted octanol–water partition coefficient (Wildman–Crippen LogP) is 3.38. The van der Waals surface area contributed by atoms with Gasteiger partial charge in [0.1, 0.15) is 5.75 Å². The molecule has 0 bridgehead atoms. The number of carbonyl (C=O) groups excluding carboxylic acids is 2. The molecule has 0 aromatic heterocycles. The Morgan fingerprint density at radius 2 is 1.83 bits per heavy atom.